The van der Waals surface area contributed by atoms with Gasteiger partial charge in [-0.2, -0.15) is 0 Å². The van der Waals surface area contributed by atoms with E-state index in [1.807, 2.05) is 6.07 Å². The highest BCUT2D eigenvalue weighted by Crippen LogP contribution is 2.24. The predicted molar refractivity (Wildman–Crippen MR) is 69.2 cm³/mol. The molecule has 0 aliphatic carbocycles. The fourth-order valence-electron chi connectivity index (χ4n) is 1.78. The average molecular weight is 241 g/mol. The Morgan fingerprint density at radius 2 is 1.88 bits per heavy atom. The average Bonchev–Trinajstić information content (AvgIpc) is 2.29. The van der Waals surface area contributed by atoms with Gasteiger partial charge in [0.1, 0.15) is 5.82 Å². The van der Waals surface area contributed by atoms with Crippen molar-refractivity contribution < 1.29 is 4.39 Å². The van der Waals surface area contributed by atoms with Gasteiger partial charge < -0.3 is 5.73 Å². The van der Waals surface area contributed by atoms with E-state index >= 15 is 0 Å². The zero-order chi connectivity index (χ0) is 12.0. The van der Waals surface area contributed by atoms with Crippen molar-refractivity contribution in [2.75, 3.05) is 5.75 Å². The number of nitrogens with two attached hydrogens (primary N) is 1. The molecule has 0 spiro atoms. The molecule has 1 aromatic rings. The summed E-state index contributed by atoms with van der Waals surface area (Å²) in [6.07, 6.45) is 2.19. The summed E-state index contributed by atoms with van der Waals surface area (Å²) < 4.78 is 13.3. The number of halogens is 1. The minimum Gasteiger partial charge on any atom is -0.327 e. The van der Waals surface area contributed by atoms with Crippen LogP contribution in [-0.4, -0.2) is 11.8 Å². The molecule has 3 heteroatoms. The maximum Gasteiger partial charge on any atom is 0.136 e. The van der Waals surface area contributed by atoms with E-state index in [4.69, 9.17) is 5.73 Å². The van der Waals surface area contributed by atoms with E-state index in [0.29, 0.717) is 10.8 Å². The third kappa shape index (κ3) is 3.80. The molecule has 1 rings (SSSR count). The van der Waals surface area contributed by atoms with E-state index in [2.05, 4.69) is 13.8 Å². The van der Waals surface area contributed by atoms with Crippen molar-refractivity contribution in [1.29, 1.82) is 0 Å². The van der Waals surface area contributed by atoms with Crippen molar-refractivity contribution in [3.63, 3.8) is 0 Å². The SMILES string of the molecule is CCC(CC)C(N)CSc1ccccc1F. The summed E-state index contributed by atoms with van der Waals surface area (Å²) in [6, 6.07) is 7.01. The summed E-state index contributed by atoms with van der Waals surface area (Å²) in [7, 11) is 0. The largest absolute Gasteiger partial charge is 0.327 e. The maximum atomic E-state index is 13.3. The van der Waals surface area contributed by atoms with Crippen molar-refractivity contribution in [3.8, 4) is 0 Å². The maximum absolute atomic E-state index is 13.3. The molecule has 0 saturated carbocycles. The highest BCUT2D eigenvalue weighted by atomic mass is 32.2. The third-order valence-corrected chi connectivity index (χ3v) is 4.12. The first-order valence-electron chi connectivity index (χ1n) is 5.81. The molecule has 90 valence electrons. The Morgan fingerprint density at radius 3 is 2.44 bits per heavy atom. The van der Waals surface area contributed by atoms with Crippen LogP contribution in [0.3, 0.4) is 0 Å². The molecular weight excluding hydrogens is 221 g/mol. The van der Waals surface area contributed by atoms with E-state index in [-0.39, 0.29) is 11.9 Å². The zero-order valence-electron chi connectivity index (χ0n) is 9.95. The van der Waals surface area contributed by atoms with Gasteiger partial charge in [-0.25, -0.2) is 4.39 Å². The number of thioether (sulfide) groups is 1. The summed E-state index contributed by atoms with van der Waals surface area (Å²) in [5.74, 6) is 1.18. The lowest BCUT2D eigenvalue weighted by atomic mass is 9.96. The van der Waals surface area contributed by atoms with Crippen LogP contribution in [0.5, 0.6) is 0 Å². The van der Waals surface area contributed by atoms with Crippen molar-refractivity contribution in [1.82, 2.24) is 0 Å². The molecule has 0 aliphatic heterocycles. The highest BCUT2D eigenvalue weighted by Gasteiger charge is 2.14. The summed E-state index contributed by atoms with van der Waals surface area (Å²) in [5.41, 5.74) is 6.09. The molecule has 0 amide bonds. The van der Waals surface area contributed by atoms with Gasteiger partial charge in [-0.1, -0.05) is 38.8 Å². The minimum absolute atomic E-state index is 0.149. The van der Waals surface area contributed by atoms with Crippen LogP contribution < -0.4 is 5.73 Å². The molecule has 0 fully saturated rings. The monoisotopic (exact) mass is 241 g/mol. The topological polar surface area (TPSA) is 26.0 Å². The second-order valence-corrected chi connectivity index (χ2v) is 5.04. The fraction of sp³-hybridized carbons (Fsp3) is 0.538. The molecule has 1 atom stereocenters. The molecule has 1 nitrogen and oxygen atoms in total. The van der Waals surface area contributed by atoms with Crippen LogP contribution in [0.1, 0.15) is 26.7 Å². The van der Waals surface area contributed by atoms with Crippen LogP contribution in [0.25, 0.3) is 0 Å². The van der Waals surface area contributed by atoms with E-state index < -0.39 is 0 Å². The fourth-order valence-corrected chi connectivity index (χ4v) is 2.80. The smallest absolute Gasteiger partial charge is 0.136 e. The third-order valence-electron chi connectivity index (χ3n) is 2.92. The van der Waals surface area contributed by atoms with Crippen LogP contribution in [-0.2, 0) is 0 Å². The van der Waals surface area contributed by atoms with Crippen LogP contribution in [0.4, 0.5) is 4.39 Å². The van der Waals surface area contributed by atoms with Crippen LogP contribution >= 0.6 is 11.8 Å². The molecule has 1 aromatic carbocycles. The first-order valence-corrected chi connectivity index (χ1v) is 6.80. The van der Waals surface area contributed by atoms with Crippen molar-refractivity contribution in [2.45, 2.75) is 37.6 Å². The molecule has 2 N–H and O–H groups in total. The Bertz CT molecular complexity index is 313. The Morgan fingerprint density at radius 1 is 1.25 bits per heavy atom. The second kappa shape index (κ2) is 6.92. The van der Waals surface area contributed by atoms with Crippen LogP contribution in [0.2, 0.25) is 0 Å². The number of hydrogen-bond acceptors (Lipinski definition) is 2. The first kappa shape index (κ1) is 13.5. The Balaban J connectivity index is 2.48. The zero-order valence-corrected chi connectivity index (χ0v) is 10.8. The first-order chi connectivity index (χ1) is 7.69. The highest BCUT2D eigenvalue weighted by molar-refractivity contribution is 7.99. The van der Waals surface area contributed by atoms with Gasteiger partial charge in [0, 0.05) is 16.7 Å². The van der Waals surface area contributed by atoms with E-state index in [1.54, 1.807) is 12.1 Å². The Kier molecular flexibility index (Phi) is 5.85. The summed E-state index contributed by atoms with van der Waals surface area (Å²) in [4.78, 5) is 0.698. The molecule has 0 saturated heterocycles. The standard InChI is InChI=1S/C13H20FNS/c1-3-10(4-2)12(15)9-16-13-8-6-5-7-11(13)14/h5-8,10,12H,3-4,9,15H2,1-2H3. The van der Waals surface area contributed by atoms with Gasteiger partial charge in [0.05, 0.1) is 0 Å². The van der Waals surface area contributed by atoms with E-state index in [9.17, 15) is 4.39 Å². The predicted octanol–water partition coefficient (Wildman–Crippen LogP) is 3.68. The lowest BCUT2D eigenvalue weighted by Gasteiger charge is -2.20. The molecule has 0 aliphatic rings. The van der Waals surface area contributed by atoms with Crippen LogP contribution in [0, 0.1) is 11.7 Å². The van der Waals surface area contributed by atoms with Gasteiger partial charge in [0.15, 0.2) is 0 Å². The number of rotatable bonds is 6. The molecule has 0 radical (unpaired) electrons. The molecule has 0 heterocycles. The van der Waals surface area contributed by atoms with E-state index in [1.165, 1.54) is 17.8 Å². The van der Waals surface area contributed by atoms with Gasteiger partial charge >= 0.3 is 0 Å². The number of hydrogen-bond donors (Lipinski definition) is 1. The lowest BCUT2D eigenvalue weighted by Crippen LogP contribution is -2.31. The summed E-state index contributed by atoms with van der Waals surface area (Å²) in [6.45, 7) is 4.31. The molecule has 16 heavy (non-hydrogen) atoms. The van der Waals surface area contributed by atoms with E-state index in [0.717, 1.165) is 18.6 Å². The number of benzene rings is 1. The molecule has 1 unspecified atom stereocenters. The lowest BCUT2D eigenvalue weighted by molar-refractivity contribution is 0.422. The van der Waals surface area contributed by atoms with Crippen LogP contribution in [0.15, 0.2) is 29.2 Å². The van der Waals surface area contributed by atoms with Gasteiger partial charge in [-0.05, 0) is 18.1 Å². The normalized spacial score (nSPS) is 13.1. The second-order valence-electron chi connectivity index (χ2n) is 3.98. The van der Waals surface area contributed by atoms with Crippen molar-refractivity contribution in [3.05, 3.63) is 30.1 Å². The van der Waals surface area contributed by atoms with Gasteiger partial charge in [-0.3, -0.25) is 0 Å². The van der Waals surface area contributed by atoms with Gasteiger partial charge in [0.25, 0.3) is 0 Å². The van der Waals surface area contributed by atoms with Gasteiger partial charge in [0.2, 0.25) is 0 Å². The quantitative estimate of drug-likeness (QED) is 0.769. The Labute approximate surface area is 102 Å². The Hall–Kier alpha value is -0.540. The van der Waals surface area contributed by atoms with Crippen molar-refractivity contribution in [2.24, 2.45) is 11.7 Å². The molecule has 0 bridgehead atoms. The summed E-state index contributed by atoms with van der Waals surface area (Å²) in [5, 5.41) is 0. The minimum atomic E-state index is -0.149. The molecule has 0 aromatic heterocycles. The van der Waals surface area contributed by atoms with Gasteiger partial charge in [-0.15, -0.1) is 11.8 Å². The summed E-state index contributed by atoms with van der Waals surface area (Å²) >= 11 is 1.51. The van der Waals surface area contributed by atoms with Crippen molar-refractivity contribution >= 4 is 11.8 Å². The molecular formula is C13H20FNS.